The van der Waals surface area contributed by atoms with Crippen LogP contribution in [-0.4, -0.2) is 15.0 Å². The van der Waals surface area contributed by atoms with Gasteiger partial charge in [0.2, 0.25) is 0 Å². The van der Waals surface area contributed by atoms with Crippen LogP contribution in [0.3, 0.4) is 0 Å². The number of aryl methyl sites for hydroxylation is 1. The normalized spacial score (nSPS) is 11.1. The Bertz CT molecular complexity index is 994. The SMILES string of the molecule is Cc1[nH]c2cccc(-c3cnccn3)c2c1Sc1ccc(Cl)cc1. The number of nitrogens with one attached hydrogen (secondary N) is 1. The van der Waals surface area contributed by atoms with Gasteiger partial charge in [0.25, 0.3) is 0 Å². The molecule has 0 fully saturated rings. The lowest BCUT2D eigenvalue weighted by Crippen LogP contribution is -1.86. The van der Waals surface area contributed by atoms with Crippen LogP contribution in [-0.2, 0) is 0 Å². The average Bonchev–Trinajstić information content (AvgIpc) is 2.93. The molecule has 0 bridgehead atoms. The summed E-state index contributed by atoms with van der Waals surface area (Å²) in [6, 6.07) is 14.1. The first-order valence-electron chi connectivity index (χ1n) is 7.53. The van der Waals surface area contributed by atoms with Crippen molar-refractivity contribution in [2.45, 2.75) is 16.7 Å². The molecule has 1 N–H and O–H groups in total. The summed E-state index contributed by atoms with van der Waals surface area (Å²) in [5.41, 5.74) is 4.20. The summed E-state index contributed by atoms with van der Waals surface area (Å²) in [7, 11) is 0. The molecule has 0 unspecified atom stereocenters. The summed E-state index contributed by atoms with van der Waals surface area (Å²) in [4.78, 5) is 14.5. The number of benzene rings is 2. The van der Waals surface area contributed by atoms with Gasteiger partial charge in [0, 0.05) is 49.4 Å². The van der Waals surface area contributed by atoms with E-state index in [4.69, 9.17) is 11.6 Å². The van der Waals surface area contributed by atoms with Crippen molar-refractivity contribution in [3.63, 3.8) is 0 Å². The molecule has 118 valence electrons. The third-order valence-electron chi connectivity index (χ3n) is 3.83. The second-order valence-electron chi connectivity index (χ2n) is 5.45. The molecule has 0 spiro atoms. The van der Waals surface area contributed by atoms with E-state index in [0.717, 1.165) is 32.4 Å². The summed E-state index contributed by atoms with van der Waals surface area (Å²) in [6.45, 7) is 2.10. The number of hydrogen-bond donors (Lipinski definition) is 1. The van der Waals surface area contributed by atoms with E-state index >= 15 is 0 Å². The average molecular weight is 352 g/mol. The minimum Gasteiger partial charge on any atom is -0.358 e. The van der Waals surface area contributed by atoms with Gasteiger partial charge < -0.3 is 4.98 Å². The lowest BCUT2D eigenvalue weighted by molar-refractivity contribution is 1.21. The molecule has 0 saturated carbocycles. The number of nitrogens with zero attached hydrogens (tertiary/aromatic N) is 2. The third kappa shape index (κ3) is 2.79. The van der Waals surface area contributed by atoms with Crippen molar-refractivity contribution in [3.05, 3.63) is 71.8 Å². The zero-order valence-electron chi connectivity index (χ0n) is 13.0. The predicted octanol–water partition coefficient (Wildman–Crippen LogP) is 5.74. The highest BCUT2D eigenvalue weighted by Crippen LogP contribution is 2.40. The van der Waals surface area contributed by atoms with E-state index in [1.54, 1.807) is 30.4 Å². The van der Waals surface area contributed by atoms with E-state index in [-0.39, 0.29) is 0 Å². The molecule has 2 heterocycles. The maximum Gasteiger partial charge on any atom is 0.0892 e. The van der Waals surface area contributed by atoms with Crippen molar-refractivity contribution in [1.29, 1.82) is 0 Å². The van der Waals surface area contributed by atoms with Crippen LogP contribution in [0.25, 0.3) is 22.2 Å². The molecule has 0 saturated heterocycles. The lowest BCUT2D eigenvalue weighted by Gasteiger charge is -2.06. The number of hydrogen-bond acceptors (Lipinski definition) is 3. The van der Waals surface area contributed by atoms with Crippen molar-refractivity contribution in [2.75, 3.05) is 0 Å². The van der Waals surface area contributed by atoms with Crippen LogP contribution in [0.2, 0.25) is 5.02 Å². The van der Waals surface area contributed by atoms with E-state index in [0.29, 0.717) is 0 Å². The van der Waals surface area contributed by atoms with E-state index in [1.807, 2.05) is 30.3 Å². The first kappa shape index (κ1) is 15.2. The zero-order valence-corrected chi connectivity index (χ0v) is 14.5. The van der Waals surface area contributed by atoms with E-state index in [2.05, 4.69) is 34.0 Å². The quantitative estimate of drug-likeness (QED) is 0.512. The van der Waals surface area contributed by atoms with Crippen molar-refractivity contribution in [1.82, 2.24) is 15.0 Å². The Morgan fingerprint density at radius 3 is 2.62 bits per heavy atom. The second-order valence-corrected chi connectivity index (χ2v) is 6.97. The summed E-state index contributed by atoms with van der Waals surface area (Å²) in [5.74, 6) is 0. The number of aromatic nitrogens is 3. The predicted molar refractivity (Wildman–Crippen MR) is 99.6 cm³/mol. The molecule has 4 aromatic rings. The molecule has 4 rings (SSSR count). The molecule has 0 amide bonds. The minimum absolute atomic E-state index is 0.746. The Hall–Kier alpha value is -2.30. The maximum atomic E-state index is 5.99. The first-order chi connectivity index (χ1) is 11.7. The van der Waals surface area contributed by atoms with Crippen LogP contribution >= 0.6 is 23.4 Å². The zero-order chi connectivity index (χ0) is 16.5. The van der Waals surface area contributed by atoms with Crippen molar-refractivity contribution in [3.8, 4) is 11.3 Å². The molecule has 0 aliphatic heterocycles. The van der Waals surface area contributed by atoms with Crippen LogP contribution in [0.5, 0.6) is 0 Å². The number of H-pyrrole nitrogens is 1. The molecule has 0 aliphatic carbocycles. The summed E-state index contributed by atoms with van der Waals surface area (Å²) >= 11 is 7.72. The molecule has 0 aliphatic rings. The molecule has 3 nitrogen and oxygen atoms in total. The van der Waals surface area contributed by atoms with Crippen LogP contribution in [0.1, 0.15) is 5.69 Å². The van der Waals surface area contributed by atoms with Gasteiger partial charge in [-0.3, -0.25) is 9.97 Å². The smallest absolute Gasteiger partial charge is 0.0892 e. The van der Waals surface area contributed by atoms with Gasteiger partial charge >= 0.3 is 0 Å². The van der Waals surface area contributed by atoms with Crippen molar-refractivity contribution < 1.29 is 0 Å². The first-order valence-corrected chi connectivity index (χ1v) is 8.73. The minimum atomic E-state index is 0.746. The van der Waals surface area contributed by atoms with Gasteiger partial charge in [-0.2, -0.15) is 0 Å². The topological polar surface area (TPSA) is 41.6 Å². The summed E-state index contributed by atoms with van der Waals surface area (Å²) < 4.78 is 0. The van der Waals surface area contributed by atoms with Gasteiger partial charge in [-0.15, -0.1) is 0 Å². The number of halogens is 1. The monoisotopic (exact) mass is 351 g/mol. The van der Waals surface area contributed by atoms with Gasteiger partial charge in [0.05, 0.1) is 11.9 Å². The fraction of sp³-hybridized carbons (Fsp3) is 0.0526. The van der Waals surface area contributed by atoms with Crippen molar-refractivity contribution >= 4 is 34.3 Å². The summed E-state index contributed by atoms with van der Waals surface area (Å²) in [5, 5.41) is 1.92. The fourth-order valence-electron chi connectivity index (χ4n) is 2.75. The van der Waals surface area contributed by atoms with E-state index in [1.165, 1.54) is 10.3 Å². The fourth-order valence-corrected chi connectivity index (χ4v) is 3.91. The van der Waals surface area contributed by atoms with E-state index < -0.39 is 0 Å². The lowest BCUT2D eigenvalue weighted by atomic mass is 10.1. The van der Waals surface area contributed by atoms with Crippen LogP contribution in [0.4, 0.5) is 0 Å². The summed E-state index contributed by atoms with van der Waals surface area (Å²) in [6.07, 6.45) is 5.21. The Morgan fingerprint density at radius 1 is 1.04 bits per heavy atom. The van der Waals surface area contributed by atoms with Crippen LogP contribution in [0.15, 0.2) is 70.8 Å². The Labute approximate surface area is 149 Å². The van der Waals surface area contributed by atoms with Crippen molar-refractivity contribution in [2.24, 2.45) is 0 Å². The molecule has 2 aromatic heterocycles. The molecule has 0 radical (unpaired) electrons. The third-order valence-corrected chi connectivity index (χ3v) is 5.30. The molecular formula is C19H14ClN3S. The molecule has 2 aromatic carbocycles. The standard InChI is InChI=1S/C19H14ClN3S/c1-12-19(24-14-7-5-13(20)6-8-14)18-15(3-2-4-16(18)23-12)17-11-21-9-10-22-17/h2-11,23H,1H3. The largest absolute Gasteiger partial charge is 0.358 e. The van der Waals surface area contributed by atoms with Gasteiger partial charge in [0.1, 0.15) is 0 Å². The van der Waals surface area contributed by atoms with Gasteiger partial charge in [-0.25, -0.2) is 0 Å². The second kappa shape index (κ2) is 6.30. The van der Waals surface area contributed by atoms with Gasteiger partial charge in [0.15, 0.2) is 0 Å². The number of aromatic amines is 1. The molecular weight excluding hydrogens is 338 g/mol. The van der Waals surface area contributed by atoms with Crippen LogP contribution in [0, 0.1) is 6.92 Å². The van der Waals surface area contributed by atoms with E-state index in [9.17, 15) is 0 Å². The Morgan fingerprint density at radius 2 is 1.88 bits per heavy atom. The molecule has 0 atom stereocenters. The van der Waals surface area contributed by atoms with Crippen LogP contribution < -0.4 is 0 Å². The van der Waals surface area contributed by atoms with Gasteiger partial charge in [-0.05, 0) is 37.3 Å². The maximum absolute atomic E-state index is 5.99. The molecule has 5 heteroatoms. The molecule has 24 heavy (non-hydrogen) atoms. The highest BCUT2D eigenvalue weighted by molar-refractivity contribution is 7.99. The highest BCUT2D eigenvalue weighted by Gasteiger charge is 2.15. The Balaban J connectivity index is 1.89. The number of fused-ring (bicyclic) bond motifs is 1. The highest BCUT2D eigenvalue weighted by atomic mass is 35.5. The Kier molecular flexibility index (Phi) is 4.00. The van der Waals surface area contributed by atoms with Gasteiger partial charge in [-0.1, -0.05) is 35.5 Å². The number of rotatable bonds is 3.